The van der Waals surface area contributed by atoms with Crippen LogP contribution in [0.4, 0.5) is 0 Å². The minimum atomic E-state index is -0.858. The molecule has 1 atom stereocenters. The number of hydrogen-bond acceptors (Lipinski definition) is 6. The van der Waals surface area contributed by atoms with Gasteiger partial charge in [-0.2, -0.15) is 4.98 Å². The molecule has 0 aliphatic heterocycles. The van der Waals surface area contributed by atoms with E-state index in [-0.39, 0.29) is 11.7 Å². The van der Waals surface area contributed by atoms with E-state index >= 15 is 0 Å². The van der Waals surface area contributed by atoms with Crippen molar-refractivity contribution in [1.29, 1.82) is 0 Å². The summed E-state index contributed by atoms with van der Waals surface area (Å²) in [6.07, 6.45) is 1.08. The quantitative estimate of drug-likeness (QED) is 0.850. The Bertz CT molecular complexity index is 503. The molecular formula is C10H11ClN4O2. The van der Waals surface area contributed by atoms with Crippen molar-refractivity contribution in [3.05, 3.63) is 29.2 Å². The van der Waals surface area contributed by atoms with Crippen molar-refractivity contribution in [3.8, 4) is 11.5 Å². The maximum Gasteiger partial charge on any atom is 0.255 e. The summed E-state index contributed by atoms with van der Waals surface area (Å²) in [4.78, 5) is 8.07. The van der Waals surface area contributed by atoms with Crippen LogP contribution in [0, 0.1) is 0 Å². The van der Waals surface area contributed by atoms with Crippen LogP contribution in [0.1, 0.15) is 18.4 Å². The van der Waals surface area contributed by atoms with Crippen molar-refractivity contribution < 1.29 is 9.63 Å². The normalized spacial score (nSPS) is 12.6. The van der Waals surface area contributed by atoms with Crippen molar-refractivity contribution >= 4 is 11.6 Å². The predicted molar refractivity (Wildman–Crippen MR) is 61.2 cm³/mol. The molecule has 1 unspecified atom stereocenters. The SMILES string of the molecule is NCCC(O)c1nc(-c2ncccc2Cl)no1. The number of rotatable bonds is 4. The number of pyridine rings is 1. The first-order valence-corrected chi connectivity index (χ1v) is 5.42. The molecule has 90 valence electrons. The molecule has 2 aromatic rings. The van der Waals surface area contributed by atoms with Gasteiger partial charge in [-0.05, 0) is 25.1 Å². The molecule has 17 heavy (non-hydrogen) atoms. The Morgan fingerprint density at radius 1 is 1.53 bits per heavy atom. The average molecular weight is 255 g/mol. The van der Waals surface area contributed by atoms with Crippen LogP contribution in [0.25, 0.3) is 11.5 Å². The van der Waals surface area contributed by atoms with E-state index in [9.17, 15) is 5.11 Å². The van der Waals surface area contributed by atoms with Crippen molar-refractivity contribution in [2.24, 2.45) is 5.73 Å². The lowest BCUT2D eigenvalue weighted by molar-refractivity contribution is 0.127. The van der Waals surface area contributed by atoms with Gasteiger partial charge in [-0.3, -0.25) is 4.98 Å². The van der Waals surface area contributed by atoms with Gasteiger partial charge in [-0.25, -0.2) is 0 Å². The summed E-state index contributed by atoms with van der Waals surface area (Å²) < 4.78 is 4.92. The lowest BCUT2D eigenvalue weighted by atomic mass is 10.2. The van der Waals surface area contributed by atoms with E-state index in [2.05, 4.69) is 15.1 Å². The highest BCUT2D eigenvalue weighted by Gasteiger charge is 2.18. The highest BCUT2D eigenvalue weighted by molar-refractivity contribution is 6.32. The number of aliphatic hydroxyl groups excluding tert-OH is 1. The standard InChI is InChI=1S/C10H11ClN4O2/c11-6-2-1-5-13-8(6)9-14-10(17-15-9)7(16)3-4-12/h1-2,5,7,16H,3-4,12H2. The monoisotopic (exact) mass is 254 g/mol. The van der Waals surface area contributed by atoms with Crippen molar-refractivity contribution in [1.82, 2.24) is 15.1 Å². The minimum absolute atomic E-state index is 0.118. The summed E-state index contributed by atoms with van der Waals surface area (Å²) >= 11 is 5.94. The van der Waals surface area contributed by atoms with Gasteiger partial charge in [0.05, 0.1) is 5.02 Å². The lowest BCUT2D eigenvalue weighted by Gasteiger charge is -2.01. The molecule has 3 N–H and O–H groups in total. The number of aliphatic hydroxyl groups is 1. The lowest BCUT2D eigenvalue weighted by Crippen LogP contribution is -2.06. The Morgan fingerprint density at radius 3 is 3.06 bits per heavy atom. The van der Waals surface area contributed by atoms with Gasteiger partial charge in [0.2, 0.25) is 5.82 Å². The Morgan fingerprint density at radius 2 is 2.35 bits per heavy atom. The van der Waals surface area contributed by atoms with Crippen LogP contribution in [0.15, 0.2) is 22.9 Å². The molecule has 0 spiro atoms. The first-order chi connectivity index (χ1) is 8.22. The third-order valence-corrected chi connectivity index (χ3v) is 2.44. The second-order valence-electron chi connectivity index (χ2n) is 3.38. The van der Waals surface area contributed by atoms with Crippen LogP contribution in [-0.4, -0.2) is 26.8 Å². The summed E-state index contributed by atoms with van der Waals surface area (Å²) in [5.41, 5.74) is 5.75. The van der Waals surface area contributed by atoms with Gasteiger partial charge >= 0.3 is 0 Å². The minimum Gasteiger partial charge on any atom is -0.383 e. The van der Waals surface area contributed by atoms with Crippen LogP contribution in [-0.2, 0) is 0 Å². The van der Waals surface area contributed by atoms with Crippen LogP contribution in [0.2, 0.25) is 5.02 Å². The van der Waals surface area contributed by atoms with Crippen LogP contribution >= 0.6 is 11.6 Å². The Balaban J connectivity index is 2.27. The van der Waals surface area contributed by atoms with E-state index in [1.165, 1.54) is 0 Å². The Labute approximate surface area is 102 Å². The predicted octanol–water partition coefficient (Wildman–Crippen LogP) is 1.17. The number of hydrogen-bond donors (Lipinski definition) is 2. The Hall–Kier alpha value is -1.50. The van der Waals surface area contributed by atoms with E-state index in [1.807, 2.05) is 0 Å². The molecule has 6 nitrogen and oxygen atoms in total. The average Bonchev–Trinajstić information content (AvgIpc) is 2.79. The van der Waals surface area contributed by atoms with Gasteiger partial charge in [0.1, 0.15) is 11.8 Å². The number of halogens is 1. The summed E-state index contributed by atoms with van der Waals surface area (Å²) in [5.74, 6) is 0.369. The van der Waals surface area contributed by atoms with Crippen LogP contribution < -0.4 is 5.73 Å². The van der Waals surface area contributed by atoms with Gasteiger partial charge in [-0.1, -0.05) is 16.8 Å². The van der Waals surface area contributed by atoms with Crippen LogP contribution in [0.3, 0.4) is 0 Å². The molecule has 0 radical (unpaired) electrons. The molecule has 0 aromatic carbocycles. The number of nitrogens with zero attached hydrogens (tertiary/aromatic N) is 3. The van der Waals surface area contributed by atoms with Gasteiger partial charge in [0.25, 0.3) is 5.89 Å². The topological polar surface area (TPSA) is 98.1 Å². The molecule has 2 heterocycles. The fourth-order valence-corrected chi connectivity index (χ4v) is 1.50. The van der Waals surface area contributed by atoms with Gasteiger partial charge in [0.15, 0.2) is 0 Å². The second kappa shape index (κ2) is 5.22. The number of nitrogens with two attached hydrogens (primary N) is 1. The molecule has 0 saturated carbocycles. The van der Waals surface area contributed by atoms with E-state index in [1.54, 1.807) is 18.3 Å². The summed E-state index contributed by atoms with van der Waals surface area (Å²) in [6.45, 7) is 0.337. The first-order valence-electron chi connectivity index (χ1n) is 5.05. The zero-order chi connectivity index (χ0) is 12.3. The zero-order valence-electron chi connectivity index (χ0n) is 8.88. The largest absolute Gasteiger partial charge is 0.383 e. The van der Waals surface area contributed by atoms with Crippen LogP contribution in [0.5, 0.6) is 0 Å². The van der Waals surface area contributed by atoms with E-state index in [0.29, 0.717) is 23.7 Å². The number of aromatic nitrogens is 3. The summed E-state index contributed by atoms with van der Waals surface area (Å²) in [5, 5.41) is 13.8. The third-order valence-electron chi connectivity index (χ3n) is 2.14. The fraction of sp³-hybridized carbons (Fsp3) is 0.300. The van der Waals surface area contributed by atoms with Crippen molar-refractivity contribution in [2.45, 2.75) is 12.5 Å². The summed E-state index contributed by atoms with van der Waals surface area (Å²) in [6, 6.07) is 3.38. The zero-order valence-corrected chi connectivity index (χ0v) is 9.63. The van der Waals surface area contributed by atoms with Gasteiger partial charge in [-0.15, -0.1) is 0 Å². The highest BCUT2D eigenvalue weighted by atomic mass is 35.5. The van der Waals surface area contributed by atoms with E-state index in [4.69, 9.17) is 21.9 Å². The molecule has 0 bridgehead atoms. The van der Waals surface area contributed by atoms with E-state index in [0.717, 1.165) is 0 Å². The van der Waals surface area contributed by atoms with Gasteiger partial charge in [0, 0.05) is 6.20 Å². The molecule has 7 heteroatoms. The molecule has 0 aliphatic carbocycles. The van der Waals surface area contributed by atoms with Gasteiger partial charge < -0.3 is 15.4 Å². The molecular weight excluding hydrogens is 244 g/mol. The first kappa shape index (κ1) is 12.0. The highest BCUT2D eigenvalue weighted by Crippen LogP contribution is 2.24. The summed E-state index contributed by atoms with van der Waals surface area (Å²) in [7, 11) is 0. The molecule has 0 amide bonds. The Kier molecular flexibility index (Phi) is 3.68. The second-order valence-corrected chi connectivity index (χ2v) is 3.79. The van der Waals surface area contributed by atoms with Crippen molar-refractivity contribution in [2.75, 3.05) is 6.54 Å². The molecule has 2 aromatic heterocycles. The molecule has 0 fully saturated rings. The molecule has 0 aliphatic rings. The van der Waals surface area contributed by atoms with E-state index < -0.39 is 6.10 Å². The molecule has 2 rings (SSSR count). The third kappa shape index (κ3) is 2.60. The smallest absolute Gasteiger partial charge is 0.255 e. The fourth-order valence-electron chi connectivity index (χ4n) is 1.30. The molecule has 0 saturated heterocycles. The maximum atomic E-state index is 9.62. The van der Waals surface area contributed by atoms with Crippen molar-refractivity contribution in [3.63, 3.8) is 0 Å². The maximum absolute atomic E-state index is 9.62.